The SMILES string of the molecule is c1cc(-c2ccc3c(c2)oc2ccccc23)cc(N(c2ccc(-c3ccc(-c4cccc(-n5c6ccccc6c6ccccc65)c4)cc3)cc2)c2cccc3ccc4ccccc4c23)c1. The van der Waals surface area contributed by atoms with Gasteiger partial charge >= 0.3 is 0 Å². The summed E-state index contributed by atoms with van der Waals surface area (Å²) in [4.78, 5) is 2.41. The predicted octanol–water partition coefficient (Wildman–Crippen LogP) is 17.5. The number of aromatic nitrogens is 1. The molecule has 0 aliphatic heterocycles. The molecule has 0 atom stereocenters. The molecule has 0 aliphatic carbocycles. The largest absolute Gasteiger partial charge is 0.456 e. The van der Waals surface area contributed by atoms with E-state index in [2.05, 4.69) is 240 Å². The highest BCUT2D eigenvalue weighted by atomic mass is 16.3. The average molecular weight is 829 g/mol. The maximum absolute atomic E-state index is 6.33. The molecule has 0 radical (unpaired) electrons. The van der Waals surface area contributed by atoms with E-state index in [9.17, 15) is 0 Å². The lowest BCUT2D eigenvalue weighted by molar-refractivity contribution is 0.669. The predicted molar refractivity (Wildman–Crippen MR) is 274 cm³/mol. The van der Waals surface area contributed by atoms with Gasteiger partial charge in [-0.25, -0.2) is 0 Å². The van der Waals surface area contributed by atoms with Crippen molar-refractivity contribution in [2.45, 2.75) is 0 Å². The number of hydrogen-bond acceptors (Lipinski definition) is 2. The normalized spacial score (nSPS) is 11.7. The molecule has 0 unspecified atom stereocenters. The minimum atomic E-state index is 0.892. The number of benzene rings is 11. The van der Waals surface area contributed by atoms with Crippen molar-refractivity contribution in [2.75, 3.05) is 4.90 Å². The highest BCUT2D eigenvalue weighted by molar-refractivity contribution is 6.15. The lowest BCUT2D eigenvalue weighted by Gasteiger charge is -2.28. The minimum absolute atomic E-state index is 0.892. The second kappa shape index (κ2) is 15.0. The summed E-state index contributed by atoms with van der Waals surface area (Å²) in [5.41, 5.74) is 15.6. The zero-order valence-electron chi connectivity index (χ0n) is 35.4. The highest BCUT2D eigenvalue weighted by Gasteiger charge is 2.19. The van der Waals surface area contributed by atoms with Crippen LogP contribution in [-0.2, 0) is 0 Å². The number of rotatable bonds is 7. The van der Waals surface area contributed by atoms with Gasteiger partial charge in [0.15, 0.2) is 0 Å². The van der Waals surface area contributed by atoms with Gasteiger partial charge in [-0.3, -0.25) is 0 Å². The smallest absolute Gasteiger partial charge is 0.136 e. The molecule has 0 fully saturated rings. The summed E-state index contributed by atoms with van der Waals surface area (Å²) in [7, 11) is 0. The molecule has 0 bridgehead atoms. The molecule has 0 saturated heterocycles. The fourth-order valence-electron chi connectivity index (χ4n) is 10.1. The van der Waals surface area contributed by atoms with Gasteiger partial charge < -0.3 is 13.9 Å². The number of hydrogen-bond donors (Lipinski definition) is 0. The van der Waals surface area contributed by atoms with Crippen molar-refractivity contribution in [3.05, 3.63) is 243 Å². The van der Waals surface area contributed by atoms with Gasteiger partial charge in [0, 0.05) is 44.0 Å². The summed E-state index contributed by atoms with van der Waals surface area (Å²) in [6.07, 6.45) is 0. The van der Waals surface area contributed by atoms with Gasteiger partial charge in [-0.15, -0.1) is 0 Å². The summed E-state index contributed by atoms with van der Waals surface area (Å²) in [6.45, 7) is 0. The Kier molecular flexibility index (Phi) is 8.53. The maximum atomic E-state index is 6.33. The standard InChI is InChI=1S/C62H40N2O/c1-2-18-52-44(12-1)30-31-45-13-11-24-59(62(45)52)63(50-16-10-15-47(39-50)48-34-37-56-55-21-5-8-25-60(55)65-61(56)40-48)49-35-32-42(33-36-49)41-26-28-43(29-27-41)46-14-9-17-51(38-46)64-57-22-6-3-19-53(57)54-20-4-7-23-58(54)64/h1-40H. The van der Waals surface area contributed by atoms with Crippen LogP contribution >= 0.6 is 0 Å². The molecule has 3 nitrogen and oxygen atoms in total. The van der Waals surface area contributed by atoms with E-state index in [0.717, 1.165) is 61.4 Å². The van der Waals surface area contributed by atoms with E-state index in [1.165, 1.54) is 60.0 Å². The molecule has 2 aromatic heterocycles. The van der Waals surface area contributed by atoms with Crippen LogP contribution in [0.1, 0.15) is 0 Å². The van der Waals surface area contributed by atoms with E-state index in [-0.39, 0.29) is 0 Å². The van der Waals surface area contributed by atoms with Crippen molar-refractivity contribution in [2.24, 2.45) is 0 Å². The summed E-state index contributed by atoms with van der Waals surface area (Å²) in [6, 6.07) is 87.8. The van der Waals surface area contributed by atoms with Gasteiger partial charge in [0.2, 0.25) is 0 Å². The van der Waals surface area contributed by atoms with Crippen LogP contribution in [0.15, 0.2) is 247 Å². The Morgan fingerprint density at radius 2 is 0.846 bits per heavy atom. The third-order valence-electron chi connectivity index (χ3n) is 13.2. The summed E-state index contributed by atoms with van der Waals surface area (Å²) in [5.74, 6) is 0. The molecule has 304 valence electrons. The van der Waals surface area contributed by atoms with Crippen LogP contribution in [0.4, 0.5) is 17.1 Å². The molecule has 0 spiro atoms. The van der Waals surface area contributed by atoms with Crippen LogP contribution < -0.4 is 4.90 Å². The Morgan fingerprint density at radius 1 is 0.308 bits per heavy atom. The number of furan rings is 1. The van der Waals surface area contributed by atoms with E-state index in [1.807, 2.05) is 12.1 Å². The van der Waals surface area contributed by atoms with E-state index in [1.54, 1.807) is 0 Å². The van der Waals surface area contributed by atoms with Crippen molar-refractivity contribution >= 4 is 82.4 Å². The first-order valence-corrected chi connectivity index (χ1v) is 22.2. The van der Waals surface area contributed by atoms with Crippen LogP contribution in [0.2, 0.25) is 0 Å². The average Bonchev–Trinajstić information content (AvgIpc) is 3.92. The fraction of sp³-hybridized carbons (Fsp3) is 0. The topological polar surface area (TPSA) is 21.3 Å². The Hall–Kier alpha value is -8.66. The molecular weight excluding hydrogens is 789 g/mol. The summed E-state index contributed by atoms with van der Waals surface area (Å²) in [5, 5.41) is 9.68. The molecule has 65 heavy (non-hydrogen) atoms. The van der Waals surface area contributed by atoms with Crippen LogP contribution in [0.3, 0.4) is 0 Å². The van der Waals surface area contributed by atoms with Gasteiger partial charge in [0.25, 0.3) is 0 Å². The van der Waals surface area contributed by atoms with Crippen molar-refractivity contribution in [1.82, 2.24) is 4.57 Å². The first kappa shape index (κ1) is 36.9. The Bertz CT molecular complexity index is 3900. The van der Waals surface area contributed by atoms with Crippen molar-refractivity contribution in [3.63, 3.8) is 0 Å². The molecule has 0 saturated carbocycles. The minimum Gasteiger partial charge on any atom is -0.456 e. The fourth-order valence-corrected chi connectivity index (χ4v) is 10.1. The molecule has 13 aromatic rings. The van der Waals surface area contributed by atoms with E-state index < -0.39 is 0 Å². The monoisotopic (exact) mass is 828 g/mol. The van der Waals surface area contributed by atoms with Crippen molar-refractivity contribution < 1.29 is 4.42 Å². The van der Waals surface area contributed by atoms with Gasteiger partial charge in [-0.1, -0.05) is 170 Å². The van der Waals surface area contributed by atoms with Gasteiger partial charge in [-0.2, -0.15) is 0 Å². The zero-order chi connectivity index (χ0) is 42.8. The third kappa shape index (κ3) is 6.20. The van der Waals surface area contributed by atoms with E-state index in [4.69, 9.17) is 4.42 Å². The second-order valence-corrected chi connectivity index (χ2v) is 16.9. The first-order chi connectivity index (χ1) is 32.2. The lowest BCUT2D eigenvalue weighted by Crippen LogP contribution is -2.10. The highest BCUT2D eigenvalue weighted by Crippen LogP contribution is 2.44. The number of para-hydroxylation sites is 3. The third-order valence-corrected chi connectivity index (χ3v) is 13.2. The van der Waals surface area contributed by atoms with Gasteiger partial charge in [0.05, 0.1) is 16.7 Å². The zero-order valence-corrected chi connectivity index (χ0v) is 35.4. The first-order valence-electron chi connectivity index (χ1n) is 22.2. The molecule has 0 amide bonds. The number of nitrogens with zero attached hydrogens (tertiary/aromatic N) is 2. The quantitative estimate of drug-likeness (QED) is 0.149. The maximum Gasteiger partial charge on any atom is 0.136 e. The van der Waals surface area contributed by atoms with Gasteiger partial charge in [0.1, 0.15) is 11.2 Å². The van der Waals surface area contributed by atoms with Crippen LogP contribution in [0.5, 0.6) is 0 Å². The van der Waals surface area contributed by atoms with Crippen molar-refractivity contribution in [1.29, 1.82) is 0 Å². The van der Waals surface area contributed by atoms with E-state index in [0.29, 0.717) is 0 Å². The lowest BCUT2D eigenvalue weighted by atomic mass is 9.98. The Morgan fingerprint density at radius 3 is 1.62 bits per heavy atom. The van der Waals surface area contributed by atoms with E-state index >= 15 is 0 Å². The molecule has 0 N–H and O–H groups in total. The van der Waals surface area contributed by atoms with Crippen LogP contribution in [-0.4, -0.2) is 4.57 Å². The molecule has 13 rings (SSSR count). The molecule has 0 aliphatic rings. The Labute approximate surface area is 376 Å². The second-order valence-electron chi connectivity index (χ2n) is 16.9. The molecule has 2 heterocycles. The number of anilines is 3. The molecule has 3 heteroatoms. The van der Waals surface area contributed by atoms with Gasteiger partial charge in [-0.05, 0) is 122 Å². The summed E-state index contributed by atoms with van der Waals surface area (Å²) >= 11 is 0. The number of fused-ring (bicyclic) bond motifs is 9. The Balaban J connectivity index is 0.877. The molecule has 11 aromatic carbocycles. The summed E-state index contributed by atoms with van der Waals surface area (Å²) < 4.78 is 8.71. The molecular formula is C62H40N2O. The van der Waals surface area contributed by atoms with Crippen LogP contribution in [0, 0.1) is 0 Å². The van der Waals surface area contributed by atoms with Crippen LogP contribution in [0.25, 0.3) is 104 Å². The van der Waals surface area contributed by atoms with Crippen molar-refractivity contribution in [3.8, 4) is 39.1 Å².